The molecule has 4 rings (SSSR count). The van der Waals surface area contributed by atoms with Gasteiger partial charge in [0.2, 0.25) is 5.91 Å². The lowest BCUT2D eigenvalue weighted by Crippen LogP contribution is -2.49. The van der Waals surface area contributed by atoms with Crippen molar-refractivity contribution < 1.29 is 35.9 Å². The van der Waals surface area contributed by atoms with Crippen molar-refractivity contribution in [1.29, 1.82) is 0 Å². The van der Waals surface area contributed by atoms with Crippen molar-refractivity contribution in [2.24, 2.45) is 5.92 Å². The summed E-state index contributed by atoms with van der Waals surface area (Å²) >= 11 is 0. The van der Waals surface area contributed by atoms with Crippen LogP contribution >= 0.6 is 12.4 Å². The van der Waals surface area contributed by atoms with E-state index in [2.05, 4.69) is 5.32 Å². The van der Waals surface area contributed by atoms with E-state index in [4.69, 9.17) is 4.74 Å². The molecule has 11 heteroatoms. The Kier molecular flexibility index (Phi) is 9.52. The number of hydrogen-bond donors (Lipinski definition) is 1. The maximum Gasteiger partial charge on any atom is 0.416 e. The first kappa shape index (κ1) is 29.3. The Balaban J connectivity index is 0.00000380. The summed E-state index contributed by atoms with van der Waals surface area (Å²) in [6.45, 7) is 1.98. The molecule has 0 bridgehead atoms. The maximum absolute atomic E-state index is 13.2. The molecule has 2 aromatic carbocycles. The van der Waals surface area contributed by atoms with Crippen LogP contribution in [0.1, 0.15) is 47.4 Å². The Bertz CT molecular complexity index is 1010. The van der Waals surface area contributed by atoms with E-state index in [1.165, 1.54) is 0 Å². The van der Waals surface area contributed by atoms with E-state index in [0.29, 0.717) is 31.6 Å². The third-order valence-corrected chi connectivity index (χ3v) is 6.89. The fourth-order valence-electron chi connectivity index (χ4n) is 4.98. The average Bonchev–Trinajstić information content (AvgIpc) is 2.87. The fourth-order valence-corrected chi connectivity index (χ4v) is 4.98. The Morgan fingerprint density at radius 3 is 2.08 bits per heavy atom. The fraction of sp³-hybridized carbons (Fsp3) is 0.500. The first-order chi connectivity index (χ1) is 17.0. The number of piperidine rings is 2. The van der Waals surface area contributed by atoms with Crippen molar-refractivity contribution in [1.82, 2.24) is 10.2 Å². The molecule has 0 aliphatic carbocycles. The van der Waals surface area contributed by atoms with Crippen LogP contribution in [0, 0.1) is 5.92 Å². The largest absolute Gasteiger partial charge is 0.416 e. The predicted octanol–water partition coefficient (Wildman–Crippen LogP) is 6.05. The number of nitrogens with zero attached hydrogens (tertiary/aromatic N) is 1. The van der Waals surface area contributed by atoms with Crippen LogP contribution in [0.25, 0.3) is 0 Å². The van der Waals surface area contributed by atoms with Crippen LogP contribution in [-0.2, 0) is 28.5 Å². The summed E-state index contributed by atoms with van der Waals surface area (Å²) in [7, 11) is 0. The second kappa shape index (κ2) is 12.0. The molecule has 2 aliphatic heterocycles. The third kappa shape index (κ3) is 7.39. The molecular formula is C26H29ClF6N2O2. The highest BCUT2D eigenvalue weighted by Gasteiger charge is 2.38. The lowest BCUT2D eigenvalue weighted by molar-refractivity contribution is -0.143. The monoisotopic (exact) mass is 550 g/mol. The zero-order valence-electron chi connectivity index (χ0n) is 19.9. The molecule has 4 nitrogen and oxygen atoms in total. The molecule has 0 unspecified atom stereocenters. The van der Waals surface area contributed by atoms with Crippen molar-refractivity contribution in [3.05, 3.63) is 70.8 Å². The predicted molar refractivity (Wildman–Crippen MR) is 128 cm³/mol. The van der Waals surface area contributed by atoms with Gasteiger partial charge in [-0.25, -0.2) is 0 Å². The number of rotatable bonds is 5. The van der Waals surface area contributed by atoms with Gasteiger partial charge in [0, 0.05) is 24.9 Å². The van der Waals surface area contributed by atoms with Gasteiger partial charge in [-0.05, 0) is 61.7 Å². The van der Waals surface area contributed by atoms with E-state index in [1.807, 2.05) is 35.2 Å². The second-order valence-corrected chi connectivity index (χ2v) is 9.38. The Morgan fingerprint density at radius 2 is 1.51 bits per heavy atom. The highest BCUT2D eigenvalue weighted by molar-refractivity contribution is 5.85. The lowest BCUT2D eigenvalue weighted by atomic mass is 9.86. The van der Waals surface area contributed by atoms with E-state index in [1.54, 1.807) is 0 Å². The number of hydrogen-bond acceptors (Lipinski definition) is 3. The minimum Gasteiger partial charge on any atom is -0.373 e. The van der Waals surface area contributed by atoms with Gasteiger partial charge in [-0.3, -0.25) is 4.79 Å². The van der Waals surface area contributed by atoms with Crippen LogP contribution in [-0.4, -0.2) is 43.1 Å². The Labute approximate surface area is 217 Å². The molecule has 1 N–H and O–H groups in total. The van der Waals surface area contributed by atoms with Gasteiger partial charge >= 0.3 is 12.4 Å². The summed E-state index contributed by atoms with van der Waals surface area (Å²) in [5, 5.41) is 3.24. The number of likely N-dealkylation sites (tertiary alicyclic amines) is 1. The minimum absolute atomic E-state index is 0. The van der Waals surface area contributed by atoms with Crippen LogP contribution in [0.2, 0.25) is 0 Å². The molecule has 2 fully saturated rings. The van der Waals surface area contributed by atoms with Crippen LogP contribution in [0.5, 0.6) is 0 Å². The molecule has 0 saturated carbocycles. The van der Waals surface area contributed by atoms with Crippen molar-refractivity contribution in [2.45, 2.75) is 50.2 Å². The summed E-state index contributed by atoms with van der Waals surface area (Å²) in [5.74, 6) is -0.215. The van der Waals surface area contributed by atoms with E-state index >= 15 is 0 Å². The van der Waals surface area contributed by atoms with Gasteiger partial charge in [-0.1, -0.05) is 30.3 Å². The lowest BCUT2D eigenvalue weighted by Gasteiger charge is -2.40. The Morgan fingerprint density at radius 1 is 0.919 bits per heavy atom. The molecule has 0 spiro atoms. The van der Waals surface area contributed by atoms with Crippen molar-refractivity contribution in [3.8, 4) is 0 Å². The van der Waals surface area contributed by atoms with Gasteiger partial charge in [0.05, 0.1) is 23.8 Å². The van der Waals surface area contributed by atoms with E-state index in [9.17, 15) is 31.1 Å². The molecule has 2 saturated heterocycles. The maximum atomic E-state index is 13.2. The van der Waals surface area contributed by atoms with E-state index in [-0.39, 0.29) is 41.8 Å². The highest BCUT2D eigenvalue weighted by Crippen LogP contribution is 2.37. The Hall–Kier alpha value is -2.30. The van der Waals surface area contributed by atoms with Gasteiger partial charge in [0.15, 0.2) is 0 Å². The molecule has 2 aromatic rings. The number of carbonyl (C=O) groups excluding carboxylic acids is 1. The molecule has 37 heavy (non-hydrogen) atoms. The van der Waals surface area contributed by atoms with Gasteiger partial charge in [-0.15, -0.1) is 12.4 Å². The first-order valence-electron chi connectivity index (χ1n) is 12.0. The average molecular weight is 551 g/mol. The van der Waals surface area contributed by atoms with Crippen molar-refractivity contribution in [3.63, 3.8) is 0 Å². The first-order valence-corrected chi connectivity index (χ1v) is 12.0. The molecule has 204 valence electrons. The van der Waals surface area contributed by atoms with Gasteiger partial charge < -0.3 is 15.0 Å². The zero-order valence-corrected chi connectivity index (χ0v) is 20.8. The van der Waals surface area contributed by atoms with E-state index < -0.39 is 36.2 Å². The summed E-state index contributed by atoms with van der Waals surface area (Å²) in [5.41, 5.74) is -2.02. The van der Waals surface area contributed by atoms with Crippen LogP contribution in [0.15, 0.2) is 48.5 Å². The highest BCUT2D eigenvalue weighted by atomic mass is 35.5. The summed E-state index contributed by atoms with van der Waals surface area (Å²) < 4.78 is 85.4. The minimum atomic E-state index is -4.91. The van der Waals surface area contributed by atoms with Crippen molar-refractivity contribution in [2.75, 3.05) is 26.2 Å². The number of carbonyl (C=O) groups is 1. The van der Waals surface area contributed by atoms with Crippen LogP contribution in [0.4, 0.5) is 26.3 Å². The second-order valence-electron chi connectivity index (χ2n) is 9.38. The SMILES string of the molecule is Cl.O=C(C1CCNCC1)N1CC[C@@H](OCc2cc(C(F)(F)F)cc(C(F)(F)F)c2)[C@@H](c2ccccc2)C1. The van der Waals surface area contributed by atoms with Crippen molar-refractivity contribution >= 4 is 18.3 Å². The molecule has 1 amide bonds. The summed E-state index contributed by atoms with van der Waals surface area (Å²) in [6.07, 6.45) is -8.33. The molecule has 0 aromatic heterocycles. The number of halogens is 7. The standard InChI is InChI=1S/C26H28F6N2O2.ClH/c27-25(28,29)20-12-17(13-21(14-20)26(30,31)32)16-36-23-8-11-34(24(35)19-6-9-33-10-7-19)15-22(23)18-4-2-1-3-5-18;/h1-5,12-14,19,22-23,33H,6-11,15-16H2;1H/t22-,23-;/m1./s1. The zero-order chi connectivity index (χ0) is 25.9. The van der Waals surface area contributed by atoms with Gasteiger partial charge in [-0.2, -0.15) is 26.3 Å². The molecule has 0 radical (unpaired) electrons. The third-order valence-electron chi connectivity index (χ3n) is 6.89. The number of alkyl halides is 6. The number of nitrogens with one attached hydrogen (secondary N) is 1. The molecule has 2 atom stereocenters. The molecule has 2 aliphatic rings. The number of benzene rings is 2. The van der Waals surface area contributed by atoms with Gasteiger partial charge in [0.25, 0.3) is 0 Å². The number of amides is 1. The molecule has 2 heterocycles. The quantitative estimate of drug-likeness (QED) is 0.461. The van der Waals surface area contributed by atoms with Gasteiger partial charge in [0.1, 0.15) is 0 Å². The molecular weight excluding hydrogens is 522 g/mol. The summed E-state index contributed by atoms with van der Waals surface area (Å²) in [6, 6.07) is 10.8. The summed E-state index contributed by atoms with van der Waals surface area (Å²) in [4.78, 5) is 14.9. The normalized spacial score (nSPS) is 21.4. The smallest absolute Gasteiger partial charge is 0.373 e. The van der Waals surface area contributed by atoms with Crippen LogP contribution < -0.4 is 5.32 Å². The number of ether oxygens (including phenoxy) is 1. The van der Waals surface area contributed by atoms with E-state index in [0.717, 1.165) is 31.5 Å². The topological polar surface area (TPSA) is 41.6 Å². The van der Waals surface area contributed by atoms with Crippen LogP contribution in [0.3, 0.4) is 0 Å².